The summed E-state index contributed by atoms with van der Waals surface area (Å²) in [6.45, 7) is 3.79. The fourth-order valence-corrected chi connectivity index (χ4v) is 4.08. The quantitative estimate of drug-likeness (QED) is 0.753. The average molecular weight is 398 g/mol. The summed E-state index contributed by atoms with van der Waals surface area (Å²) < 4.78 is 13.5. The molecule has 0 aromatic heterocycles. The standard InChI is InChI=1S/C23H27FN2O3/c1-3-21(28)25-13-19-23(20(14-27)26(19)22(29)4-2)16-10-8-15(9-11-16)17-6-5-7-18(24)12-17/h5-12,19-20,23,27H,3-4,13-14H2,1-2H3,(H,25,28)/t19-,20-,23+/m1/s1. The van der Waals surface area contributed by atoms with Gasteiger partial charge in [0.15, 0.2) is 0 Å². The second-order valence-corrected chi connectivity index (χ2v) is 7.29. The van der Waals surface area contributed by atoms with Crippen molar-refractivity contribution in [1.29, 1.82) is 0 Å². The van der Waals surface area contributed by atoms with Crippen LogP contribution in [0.1, 0.15) is 38.2 Å². The number of amides is 2. The number of carbonyl (C=O) groups is 2. The highest BCUT2D eigenvalue weighted by atomic mass is 19.1. The molecule has 29 heavy (non-hydrogen) atoms. The molecule has 1 heterocycles. The number of hydrogen-bond acceptors (Lipinski definition) is 3. The van der Waals surface area contributed by atoms with E-state index in [4.69, 9.17) is 0 Å². The van der Waals surface area contributed by atoms with Gasteiger partial charge in [-0.3, -0.25) is 9.59 Å². The van der Waals surface area contributed by atoms with Gasteiger partial charge >= 0.3 is 0 Å². The van der Waals surface area contributed by atoms with Crippen LogP contribution >= 0.6 is 0 Å². The van der Waals surface area contributed by atoms with E-state index >= 15 is 0 Å². The van der Waals surface area contributed by atoms with Crippen molar-refractivity contribution in [2.45, 2.75) is 44.7 Å². The van der Waals surface area contributed by atoms with Gasteiger partial charge in [0.25, 0.3) is 0 Å². The minimum atomic E-state index is -0.314. The maximum Gasteiger partial charge on any atom is 0.222 e. The minimum Gasteiger partial charge on any atom is -0.394 e. The van der Waals surface area contributed by atoms with E-state index in [1.165, 1.54) is 12.1 Å². The molecule has 1 fully saturated rings. The van der Waals surface area contributed by atoms with Crippen molar-refractivity contribution in [3.63, 3.8) is 0 Å². The van der Waals surface area contributed by atoms with E-state index in [1.807, 2.05) is 30.3 Å². The third-order valence-electron chi connectivity index (χ3n) is 5.60. The second kappa shape index (κ2) is 9.18. The number of benzene rings is 2. The molecule has 2 aromatic carbocycles. The number of nitrogens with zero attached hydrogens (tertiary/aromatic N) is 1. The summed E-state index contributed by atoms with van der Waals surface area (Å²) in [7, 11) is 0. The number of nitrogens with one attached hydrogen (secondary N) is 1. The lowest BCUT2D eigenvalue weighted by Crippen LogP contribution is -2.68. The van der Waals surface area contributed by atoms with Crippen LogP contribution in [0.2, 0.25) is 0 Å². The molecular formula is C23H27FN2O3. The molecule has 0 spiro atoms. The van der Waals surface area contributed by atoms with Gasteiger partial charge < -0.3 is 15.3 Å². The van der Waals surface area contributed by atoms with Crippen LogP contribution < -0.4 is 5.32 Å². The normalized spacial score (nSPS) is 20.8. The SMILES string of the molecule is CCC(=O)NC[C@@H]1[C@H](c2ccc(-c3cccc(F)c3)cc2)[C@@H](CO)N1C(=O)CC. The topological polar surface area (TPSA) is 69.6 Å². The first kappa shape index (κ1) is 21.0. The number of halogens is 1. The Balaban J connectivity index is 1.85. The lowest BCUT2D eigenvalue weighted by Gasteiger charge is -2.55. The molecule has 5 nitrogen and oxygen atoms in total. The molecule has 2 N–H and O–H groups in total. The van der Waals surface area contributed by atoms with Crippen molar-refractivity contribution in [1.82, 2.24) is 10.2 Å². The van der Waals surface area contributed by atoms with Crippen LogP contribution in [-0.4, -0.2) is 47.1 Å². The van der Waals surface area contributed by atoms with E-state index in [0.717, 1.165) is 16.7 Å². The smallest absolute Gasteiger partial charge is 0.222 e. The Morgan fingerprint density at radius 1 is 1.03 bits per heavy atom. The molecule has 1 aliphatic heterocycles. The third-order valence-corrected chi connectivity index (χ3v) is 5.60. The molecule has 3 atom stereocenters. The molecule has 1 aliphatic rings. The summed E-state index contributed by atoms with van der Waals surface area (Å²) in [5.41, 5.74) is 2.67. The maximum atomic E-state index is 13.5. The van der Waals surface area contributed by atoms with Crippen LogP contribution in [0.5, 0.6) is 0 Å². The number of aliphatic hydroxyl groups excluding tert-OH is 1. The van der Waals surface area contributed by atoms with Gasteiger partial charge in [0.1, 0.15) is 5.82 Å². The highest BCUT2D eigenvalue weighted by molar-refractivity contribution is 5.79. The van der Waals surface area contributed by atoms with Crippen LogP contribution in [0, 0.1) is 5.82 Å². The predicted molar refractivity (Wildman–Crippen MR) is 110 cm³/mol. The molecule has 2 amide bonds. The van der Waals surface area contributed by atoms with Gasteiger partial charge in [0, 0.05) is 25.3 Å². The summed E-state index contributed by atoms with van der Waals surface area (Å²) in [6, 6.07) is 13.7. The average Bonchev–Trinajstić information content (AvgIpc) is 2.73. The molecule has 0 aliphatic carbocycles. The zero-order valence-corrected chi connectivity index (χ0v) is 16.8. The van der Waals surface area contributed by atoms with Crippen molar-refractivity contribution >= 4 is 11.8 Å². The Hall–Kier alpha value is -2.73. The molecule has 1 saturated heterocycles. The number of likely N-dealkylation sites (tertiary alicyclic amines) is 1. The summed E-state index contributed by atoms with van der Waals surface area (Å²) in [6.07, 6.45) is 0.727. The Labute approximate surface area is 170 Å². The molecule has 3 rings (SSSR count). The van der Waals surface area contributed by atoms with Crippen molar-refractivity contribution in [3.8, 4) is 11.1 Å². The Bertz CT molecular complexity index is 869. The van der Waals surface area contributed by atoms with Crippen molar-refractivity contribution in [2.24, 2.45) is 0 Å². The van der Waals surface area contributed by atoms with Crippen LogP contribution in [0.3, 0.4) is 0 Å². The van der Waals surface area contributed by atoms with E-state index in [-0.39, 0.29) is 42.2 Å². The summed E-state index contributed by atoms with van der Waals surface area (Å²) >= 11 is 0. The van der Waals surface area contributed by atoms with E-state index < -0.39 is 0 Å². The molecule has 0 unspecified atom stereocenters. The second-order valence-electron chi connectivity index (χ2n) is 7.29. The van der Waals surface area contributed by atoms with Gasteiger partial charge in [0.2, 0.25) is 11.8 Å². The number of carbonyl (C=O) groups excluding carboxylic acids is 2. The summed E-state index contributed by atoms with van der Waals surface area (Å²) in [4.78, 5) is 25.8. The fraction of sp³-hybridized carbons (Fsp3) is 0.391. The van der Waals surface area contributed by atoms with Crippen molar-refractivity contribution in [2.75, 3.05) is 13.2 Å². The Kier molecular flexibility index (Phi) is 6.64. The van der Waals surface area contributed by atoms with E-state index in [0.29, 0.717) is 19.4 Å². The van der Waals surface area contributed by atoms with E-state index in [9.17, 15) is 19.1 Å². The first-order valence-corrected chi connectivity index (χ1v) is 10.0. The van der Waals surface area contributed by atoms with Gasteiger partial charge in [-0.2, -0.15) is 0 Å². The predicted octanol–water partition coefficient (Wildman–Crippen LogP) is 3.08. The summed E-state index contributed by atoms with van der Waals surface area (Å²) in [5.74, 6) is -0.463. The summed E-state index contributed by atoms with van der Waals surface area (Å²) in [5, 5.41) is 12.8. The highest BCUT2D eigenvalue weighted by Gasteiger charge is 2.50. The largest absolute Gasteiger partial charge is 0.394 e. The zero-order chi connectivity index (χ0) is 21.0. The molecular weight excluding hydrogens is 371 g/mol. The van der Waals surface area contributed by atoms with E-state index in [2.05, 4.69) is 5.32 Å². The Morgan fingerprint density at radius 3 is 2.34 bits per heavy atom. The van der Waals surface area contributed by atoms with Crippen LogP contribution in [0.4, 0.5) is 4.39 Å². The van der Waals surface area contributed by atoms with Crippen molar-refractivity contribution < 1.29 is 19.1 Å². The molecule has 2 aromatic rings. The van der Waals surface area contributed by atoms with Gasteiger partial charge in [-0.1, -0.05) is 50.2 Å². The molecule has 0 radical (unpaired) electrons. The van der Waals surface area contributed by atoms with Gasteiger partial charge in [0.05, 0.1) is 18.7 Å². The van der Waals surface area contributed by atoms with Crippen LogP contribution in [0.25, 0.3) is 11.1 Å². The first-order valence-electron chi connectivity index (χ1n) is 10.0. The fourth-order valence-electron chi connectivity index (χ4n) is 4.08. The number of hydrogen-bond donors (Lipinski definition) is 2. The van der Waals surface area contributed by atoms with Gasteiger partial charge in [-0.05, 0) is 28.8 Å². The third kappa shape index (κ3) is 4.32. The van der Waals surface area contributed by atoms with E-state index in [1.54, 1.807) is 24.8 Å². The molecule has 0 saturated carbocycles. The van der Waals surface area contributed by atoms with Crippen molar-refractivity contribution in [3.05, 3.63) is 59.9 Å². The number of aliphatic hydroxyl groups is 1. The van der Waals surface area contributed by atoms with Crippen LogP contribution in [0.15, 0.2) is 48.5 Å². The maximum absolute atomic E-state index is 13.5. The zero-order valence-electron chi connectivity index (χ0n) is 16.8. The van der Waals surface area contributed by atoms with Gasteiger partial charge in [-0.15, -0.1) is 0 Å². The number of rotatable bonds is 7. The Morgan fingerprint density at radius 2 is 1.76 bits per heavy atom. The lowest BCUT2D eigenvalue weighted by atomic mass is 9.74. The minimum absolute atomic E-state index is 0.0348. The molecule has 154 valence electrons. The lowest BCUT2D eigenvalue weighted by molar-refractivity contribution is -0.150. The first-order chi connectivity index (χ1) is 14.0. The van der Waals surface area contributed by atoms with Gasteiger partial charge in [-0.25, -0.2) is 4.39 Å². The van der Waals surface area contributed by atoms with Crippen LogP contribution in [-0.2, 0) is 9.59 Å². The highest BCUT2D eigenvalue weighted by Crippen LogP contribution is 2.41. The molecule has 0 bridgehead atoms. The monoisotopic (exact) mass is 398 g/mol. The molecule has 6 heteroatoms.